The summed E-state index contributed by atoms with van der Waals surface area (Å²) >= 11 is 0. The Hall–Kier alpha value is -7.10. The van der Waals surface area contributed by atoms with E-state index in [1.165, 1.54) is 55.6 Å². The van der Waals surface area contributed by atoms with Crippen LogP contribution in [0.3, 0.4) is 0 Å². The molecule has 0 aliphatic heterocycles. The summed E-state index contributed by atoms with van der Waals surface area (Å²) in [5.74, 6) is 0. The number of allylic oxidation sites excluding steroid dienone is 6. The number of nitrogens with zero attached hydrogens (tertiary/aromatic N) is 2. The Morgan fingerprint density at radius 1 is 0.509 bits per heavy atom. The van der Waals surface area contributed by atoms with Gasteiger partial charge in [0, 0.05) is 35.5 Å². The maximum atomic E-state index is 5.74. The van der Waals surface area contributed by atoms with E-state index < -0.39 is 5.41 Å². The molecule has 2 N–H and O–H groups in total. The highest BCUT2D eigenvalue weighted by Gasteiger charge is 2.48. The van der Waals surface area contributed by atoms with Crippen molar-refractivity contribution in [3.8, 4) is 22.3 Å². The van der Waals surface area contributed by atoms with Gasteiger partial charge in [0.2, 0.25) is 0 Å². The molecule has 3 heteroatoms. The number of rotatable bonds is 9. The van der Waals surface area contributed by atoms with Gasteiger partial charge in [0.25, 0.3) is 0 Å². The van der Waals surface area contributed by atoms with Crippen LogP contribution in [0.2, 0.25) is 0 Å². The van der Waals surface area contributed by atoms with Crippen LogP contribution in [0, 0.1) is 13.8 Å². The zero-order chi connectivity index (χ0) is 39.1. The van der Waals surface area contributed by atoms with E-state index in [2.05, 4.69) is 213 Å². The number of nitrogens with two attached hydrogens (primary N) is 1. The van der Waals surface area contributed by atoms with Gasteiger partial charge in [-0.3, -0.25) is 0 Å². The van der Waals surface area contributed by atoms with Crippen molar-refractivity contribution >= 4 is 34.0 Å². The first-order valence-corrected chi connectivity index (χ1v) is 19.6. The van der Waals surface area contributed by atoms with Gasteiger partial charge in [-0.05, 0) is 154 Å². The Morgan fingerprint density at radius 3 is 1.82 bits per heavy atom. The first-order valence-electron chi connectivity index (χ1n) is 19.6. The number of anilines is 5. The van der Waals surface area contributed by atoms with E-state index in [0.29, 0.717) is 0 Å². The third kappa shape index (κ3) is 6.00. The van der Waals surface area contributed by atoms with Gasteiger partial charge in [-0.25, -0.2) is 0 Å². The fourth-order valence-corrected chi connectivity index (χ4v) is 8.89. The molecule has 1 unspecified atom stereocenters. The molecule has 3 nitrogen and oxygen atoms in total. The van der Waals surface area contributed by atoms with Crippen molar-refractivity contribution in [1.82, 2.24) is 0 Å². The normalized spacial score (nSPS) is 15.1. The van der Waals surface area contributed by atoms with E-state index in [9.17, 15) is 0 Å². The minimum Gasteiger partial charge on any atom is -0.405 e. The Morgan fingerprint density at radius 2 is 1.07 bits per heavy atom. The zero-order valence-corrected chi connectivity index (χ0v) is 32.7. The molecular formula is C54H45N3. The summed E-state index contributed by atoms with van der Waals surface area (Å²) in [6.07, 6.45) is 9.88. The number of para-hydroxylation sites is 2. The Labute approximate surface area is 336 Å². The van der Waals surface area contributed by atoms with Gasteiger partial charge < -0.3 is 15.5 Å². The maximum absolute atomic E-state index is 5.74. The zero-order valence-electron chi connectivity index (χ0n) is 32.7. The summed E-state index contributed by atoms with van der Waals surface area (Å²) in [5, 5.41) is 0. The molecule has 0 saturated heterocycles. The molecule has 7 aromatic rings. The standard InChI is InChI=1S/C54H45N3/c1-37-17-11-12-23-45(37)49-33-43(27-26-39(49)3)57(41-21-9-6-10-22-41)44-29-31-48-50(38(2)18-15-16-32-55)36-54(53(48)35-44)51-25-14-13-24-46(51)47-30-28-42(34-52(47)54)56(4)40-19-7-5-8-20-40/h5-36H,2,55H2,1,3-4H3/b18-15-,32-16-. The molecule has 0 radical (unpaired) electrons. The topological polar surface area (TPSA) is 32.5 Å². The van der Waals surface area contributed by atoms with Gasteiger partial charge in [0.1, 0.15) is 0 Å². The number of fused-ring (bicyclic) bond motifs is 7. The average molecular weight is 736 g/mol. The highest BCUT2D eigenvalue weighted by atomic mass is 15.1. The number of aryl methyl sites for hydroxylation is 2. The highest BCUT2D eigenvalue weighted by Crippen LogP contribution is 2.60. The van der Waals surface area contributed by atoms with Crippen LogP contribution in [0.4, 0.5) is 28.4 Å². The summed E-state index contributed by atoms with van der Waals surface area (Å²) in [5.41, 5.74) is 25.2. The second-order valence-electron chi connectivity index (χ2n) is 15.0. The lowest BCUT2D eigenvalue weighted by Gasteiger charge is -2.31. The number of hydrogen-bond donors (Lipinski definition) is 1. The molecule has 1 atom stereocenters. The third-order valence-corrected chi connectivity index (χ3v) is 11.7. The molecule has 0 amide bonds. The van der Waals surface area contributed by atoms with Crippen LogP contribution in [0.15, 0.2) is 206 Å². The van der Waals surface area contributed by atoms with E-state index in [1.807, 2.05) is 12.2 Å². The van der Waals surface area contributed by atoms with E-state index in [4.69, 9.17) is 5.73 Å². The quantitative estimate of drug-likeness (QED) is 0.150. The first kappa shape index (κ1) is 35.6. The number of hydrogen-bond acceptors (Lipinski definition) is 3. The predicted octanol–water partition coefficient (Wildman–Crippen LogP) is 13.5. The van der Waals surface area contributed by atoms with Gasteiger partial charge in [-0.15, -0.1) is 0 Å². The van der Waals surface area contributed by atoms with E-state index in [0.717, 1.165) is 39.6 Å². The van der Waals surface area contributed by atoms with Crippen LogP contribution >= 0.6 is 0 Å². The molecule has 7 aromatic carbocycles. The Kier molecular flexibility index (Phi) is 9.07. The summed E-state index contributed by atoms with van der Waals surface area (Å²) in [7, 11) is 2.15. The van der Waals surface area contributed by atoms with Crippen LogP contribution in [-0.4, -0.2) is 7.05 Å². The van der Waals surface area contributed by atoms with Crippen molar-refractivity contribution in [3.63, 3.8) is 0 Å². The van der Waals surface area contributed by atoms with Gasteiger partial charge in [-0.2, -0.15) is 0 Å². The predicted molar refractivity (Wildman–Crippen MR) is 242 cm³/mol. The molecule has 2 aliphatic rings. The minimum absolute atomic E-state index is 0.567. The average Bonchev–Trinajstić information content (AvgIpc) is 3.74. The lowest BCUT2D eigenvalue weighted by Crippen LogP contribution is -2.23. The summed E-state index contributed by atoms with van der Waals surface area (Å²) in [4.78, 5) is 4.67. The van der Waals surface area contributed by atoms with Crippen molar-refractivity contribution in [2.45, 2.75) is 19.3 Å². The molecule has 0 bridgehead atoms. The van der Waals surface area contributed by atoms with Crippen LogP contribution in [0.25, 0.3) is 27.8 Å². The SMILES string of the molecule is C=C(/C=C\C=C/N)C1=CC2(c3cc(N(c4ccccc4)c4ccc(C)c(-c5ccccc5C)c4)ccc31)c1ccccc1-c1ccc(N(C)c3ccccc3)cc12. The second kappa shape index (κ2) is 14.5. The summed E-state index contributed by atoms with van der Waals surface area (Å²) in [6, 6.07) is 59.7. The smallest absolute Gasteiger partial charge is 0.0660 e. The van der Waals surface area contributed by atoms with Crippen LogP contribution in [0.5, 0.6) is 0 Å². The van der Waals surface area contributed by atoms with Crippen LogP contribution < -0.4 is 15.5 Å². The van der Waals surface area contributed by atoms with Crippen LogP contribution in [-0.2, 0) is 5.41 Å². The lowest BCUT2D eigenvalue weighted by atomic mass is 9.74. The molecule has 2 aliphatic carbocycles. The largest absolute Gasteiger partial charge is 0.405 e. The van der Waals surface area contributed by atoms with Crippen molar-refractivity contribution in [3.05, 3.63) is 240 Å². The van der Waals surface area contributed by atoms with Crippen molar-refractivity contribution in [2.24, 2.45) is 5.73 Å². The fraction of sp³-hybridized carbons (Fsp3) is 0.0741. The molecule has 0 heterocycles. The molecule has 1 spiro atoms. The molecule has 0 aromatic heterocycles. The third-order valence-electron chi connectivity index (χ3n) is 11.7. The van der Waals surface area contributed by atoms with Gasteiger partial charge in [-0.1, -0.05) is 128 Å². The Bertz CT molecular complexity index is 2750. The van der Waals surface area contributed by atoms with Crippen molar-refractivity contribution in [1.29, 1.82) is 0 Å². The van der Waals surface area contributed by atoms with Gasteiger partial charge in [0.15, 0.2) is 0 Å². The Balaban J connectivity index is 1.29. The minimum atomic E-state index is -0.567. The van der Waals surface area contributed by atoms with E-state index in [1.54, 1.807) is 6.20 Å². The summed E-state index contributed by atoms with van der Waals surface area (Å²) in [6.45, 7) is 9.01. The summed E-state index contributed by atoms with van der Waals surface area (Å²) < 4.78 is 0. The van der Waals surface area contributed by atoms with Gasteiger partial charge in [0.05, 0.1) is 5.41 Å². The molecule has 276 valence electrons. The van der Waals surface area contributed by atoms with Crippen LogP contribution in [0.1, 0.15) is 33.4 Å². The molecule has 0 saturated carbocycles. The fourth-order valence-electron chi connectivity index (χ4n) is 8.89. The monoisotopic (exact) mass is 735 g/mol. The second-order valence-corrected chi connectivity index (χ2v) is 15.0. The molecular weight excluding hydrogens is 691 g/mol. The maximum Gasteiger partial charge on any atom is 0.0660 e. The van der Waals surface area contributed by atoms with E-state index >= 15 is 0 Å². The molecule has 57 heavy (non-hydrogen) atoms. The number of benzene rings is 7. The molecule has 9 rings (SSSR count). The van der Waals surface area contributed by atoms with Gasteiger partial charge >= 0.3 is 0 Å². The molecule has 0 fully saturated rings. The highest BCUT2D eigenvalue weighted by molar-refractivity contribution is 5.98. The van der Waals surface area contributed by atoms with Crippen molar-refractivity contribution < 1.29 is 0 Å². The first-order chi connectivity index (χ1) is 27.9. The van der Waals surface area contributed by atoms with Crippen molar-refractivity contribution in [2.75, 3.05) is 16.8 Å². The van der Waals surface area contributed by atoms with E-state index in [-0.39, 0.29) is 0 Å². The lowest BCUT2D eigenvalue weighted by molar-refractivity contribution is 0.820.